The van der Waals surface area contributed by atoms with Crippen LogP contribution < -0.4 is 11.5 Å². The third-order valence-electron chi connectivity index (χ3n) is 4.30. The number of halogens is 3. The van der Waals surface area contributed by atoms with E-state index in [1.807, 2.05) is 0 Å². The van der Waals surface area contributed by atoms with Crippen molar-refractivity contribution in [3.63, 3.8) is 0 Å². The van der Waals surface area contributed by atoms with Crippen LogP contribution in [0.3, 0.4) is 0 Å². The van der Waals surface area contributed by atoms with Crippen molar-refractivity contribution < 1.29 is 13.2 Å². The Hall–Kier alpha value is -3.46. The molecule has 0 amide bonds. The van der Waals surface area contributed by atoms with Crippen LogP contribution in [0.25, 0.3) is 28.2 Å². The second-order valence-corrected chi connectivity index (χ2v) is 6.11. The van der Waals surface area contributed by atoms with Gasteiger partial charge in [0.15, 0.2) is 11.5 Å². The van der Waals surface area contributed by atoms with Gasteiger partial charge in [-0.3, -0.25) is 4.57 Å². The highest BCUT2D eigenvalue weighted by Crippen LogP contribution is 2.33. The van der Waals surface area contributed by atoms with Crippen LogP contribution in [0.5, 0.6) is 0 Å². The topological polar surface area (TPSA) is 95.6 Å². The number of hydrogen-bond donors (Lipinski definition) is 2. The van der Waals surface area contributed by atoms with E-state index in [1.165, 1.54) is 16.8 Å². The average molecular weight is 384 g/mol. The van der Waals surface area contributed by atoms with Crippen molar-refractivity contribution in [1.82, 2.24) is 19.5 Å². The summed E-state index contributed by atoms with van der Waals surface area (Å²) < 4.78 is 41.2. The fourth-order valence-electron chi connectivity index (χ4n) is 2.93. The van der Waals surface area contributed by atoms with Crippen LogP contribution in [0.2, 0.25) is 0 Å². The van der Waals surface area contributed by atoms with Crippen LogP contribution in [0.15, 0.2) is 54.7 Å². The molecule has 0 atom stereocenters. The van der Waals surface area contributed by atoms with E-state index in [0.29, 0.717) is 29.1 Å². The van der Waals surface area contributed by atoms with Gasteiger partial charge in [-0.2, -0.15) is 13.2 Å². The molecular formula is C19H15F3N6. The number of nitrogen functional groups attached to an aromatic ring is 1. The monoisotopic (exact) mass is 384 g/mol. The standard InChI is InChI=1S/C19H15F3N6/c20-19(21,22)15-8-7-14-18(27-15)28(12-5-3-11(10-23)4-6-12)17(26-14)13-2-1-9-25-16(13)24/h1-9H,10,23H2,(H2,24,25). The minimum absolute atomic E-state index is 0.0774. The van der Waals surface area contributed by atoms with E-state index >= 15 is 0 Å². The first kappa shape index (κ1) is 17.9. The zero-order valence-corrected chi connectivity index (χ0v) is 14.5. The van der Waals surface area contributed by atoms with E-state index in [4.69, 9.17) is 11.5 Å². The lowest BCUT2D eigenvalue weighted by atomic mass is 10.2. The molecule has 0 radical (unpaired) electrons. The molecule has 4 N–H and O–H groups in total. The molecule has 0 saturated heterocycles. The second kappa shape index (κ2) is 6.61. The van der Waals surface area contributed by atoms with Gasteiger partial charge in [-0.1, -0.05) is 12.1 Å². The van der Waals surface area contributed by atoms with Gasteiger partial charge in [-0.05, 0) is 42.0 Å². The Morgan fingerprint density at radius 1 is 0.964 bits per heavy atom. The molecule has 28 heavy (non-hydrogen) atoms. The van der Waals surface area contributed by atoms with Crippen molar-refractivity contribution in [3.05, 3.63) is 66.0 Å². The maximum atomic E-state index is 13.2. The summed E-state index contributed by atoms with van der Waals surface area (Å²) in [5.41, 5.74) is 13.0. The highest BCUT2D eigenvalue weighted by molar-refractivity contribution is 5.82. The lowest BCUT2D eigenvalue weighted by Crippen LogP contribution is -2.09. The first-order valence-electron chi connectivity index (χ1n) is 8.35. The first-order valence-corrected chi connectivity index (χ1v) is 8.35. The molecule has 0 aliphatic rings. The van der Waals surface area contributed by atoms with Gasteiger partial charge in [0.2, 0.25) is 0 Å². The van der Waals surface area contributed by atoms with Crippen LogP contribution in [0.1, 0.15) is 11.3 Å². The third kappa shape index (κ3) is 3.05. The molecule has 0 aliphatic heterocycles. The number of nitrogens with two attached hydrogens (primary N) is 2. The van der Waals surface area contributed by atoms with E-state index in [1.54, 1.807) is 36.4 Å². The molecule has 0 saturated carbocycles. The van der Waals surface area contributed by atoms with Crippen LogP contribution in [0, 0.1) is 0 Å². The van der Waals surface area contributed by atoms with Gasteiger partial charge in [-0.25, -0.2) is 15.0 Å². The van der Waals surface area contributed by atoms with Gasteiger partial charge < -0.3 is 11.5 Å². The fraction of sp³-hybridized carbons (Fsp3) is 0.105. The van der Waals surface area contributed by atoms with Crippen LogP contribution >= 0.6 is 0 Å². The zero-order chi connectivity index (χ0) is 19.9. The van der Waals surface area contributed by atoms with Crippen molar-refractivity contribution in [1.29, 1.82) is 0 Å². The minimum atomic E-state index is -4.57. The van der Waals surface area contributed by atoms with Crippen LogP contribution in [-0.2, 0) is 12.7 Å². The van der Waals surface area contributed by atoms with E-state index in [2.05, 4.69) is 15.0 Å². The number of aromatic nitrogens is 4. The lowest BCUT2D eigenvalue weighted by molar-refractivity contribution is -0.141. The number of benzene rings is 1. The normalized spacial score (nSPS) is 11.9. The summed E-state index contributed by atoms with van der Waals surface area (Å²) in [5, 5.41) is 0. The van der Waals surface area contributed by atoms with E-state index in [0.717, 1.165) is 11.6 Å². The molecule has 0 unspecified atom stereocenters. The molecule has 0 aliphatic carbocycles. The van der Waals surface area contributed by atoms with Crippen molar-refractivity contribution in [3.8, 4) is 17.1 Å². The van der Waals surface area contributed by atoms with Crippen molar-refractivity contribution in [2.24, 2.45) is 5.73 Å². The van der Waals surface area contributed by atoms with Gasteiger partial charge >= 0.3 is 6.18 Å². The maximum Gasteiger partial charge on any atom is 0.433 e. The predicted molar refractivity (Wildman–Crippen MR) is 99.4 cm³/mol. The molecule has 4 rings (SSSR count). The summed E-state index contributed by atoms with van der Waals surface area (Å²) in [6, 6.07) is 12.7. The quantitative estimate of drug-likeness (QED) is 0.563. The molecule has 0 fully saturated rings. The van der Waals surface area contributed by atoms with Gasteiger partial charge in [-0.15, -0.1) is 0 Å². The molecule has 0 bridgehead atoms. The molecule has 9 heteroatoms. The number of anilines is 1. The molecule has 4 aromatic rings. The summed E-state index contributed by atoms with van der Waals surface area (Å²) in [5.74, 6) is 0.571. The summed E-state index contributed by atoms with van der Waals surface area (Å²) in [7, 11) is 0. The average Bonchev–Trinajstić information content (AvgIpc) is 3.06. The lowest BCUT2D eigenvalue weighted by Gasteiger charge is -2.11. The summed E-state index contributed by atoms with van der Waals surface area (Å²) in [6.45, 7) is 0.351. The van der Waals surface area contributed by atoms with Crippen molar-refractivity contribution in [2.75, 3.05) is 5.73 Å². The SMILES string of the molecule is NCc1ccc(-n2c(-c3cccnc3N)nc3ccc(C(F)(F)F)nc32)cc1. The number of hydrogen-bond acceptors (Lipinski definition) is 5. The second-order valence-electron chi connectivity index (χ2n) is 6.11. The molecule has 1 aromatic carbocycles. The van der Waals surface area contributed by atoms with E-state index in [9.17, 15) is 13.2 Å². The Labute approximate surface area is 157 Å². The van der Waals surface area contributed by atoms with Gasteiger partial charge in [0.25, 0.3) is 0 Å². The first-order chi connectivity index (χ1) is 13.4. The Morgan fingerprint density at radius 3 is 2.36 bits per heavy atom. The zero-order valence-electron chi connectivity index (χ0n) is 14.5. The maximum absolute atomic E-state index is 13.2. The Morgan fingerprint density at radius 2 is 1.71 bits per heavy atom. The third-order valence-corrected chi connectivity index (χ3v) is 4.30. The number of nitrogens with zero attached hydrogens (tertiary/aromatic N) is 4. The summed E-state index contributed by atoms with van der Waals surface area (Å²) in [4.78, 5) is 12.4. The number of imidazole rings is 1. The minimum Gasteiger partial charge on any atom is -0.383 e. The van der Waals surface area contributed by atoms with Crippen molar-refractivity contribution >= 4 is 17.0 Å². The molecular weight excluding hydrogens is 369 g/mol. The van der Waals surface area contributed by atoms with Gasteiger partial charge in [0.1, 0.15) is 17.0 Å². The molecule has 142 valence electrons. The Bertz CT molecular complexity index is 1150. The van der Waals surface area contributed by atoms with Crippen LogP contribution in [-0.4, -0.2) is 19.5 Å². The smallest absolute Gasteiger partial charge is 0.383 e. The van der Waals surface area contributed by atoms with E-state index in [-0.39, 0.29) is 11.5 Å². The van der Waals surface area contributed by atoms with Gasteiger partial charge in [0.05, 0.1) is 5.56 Å². The number of pyridine rings is 2. The Kier molecular flexibility index (Phi) is 4.23. The number of alkyl halides is 3. The largest absolute Gasteiger partial charge is 0.433 e. The van der Waals surface area contributed by atoms with Gasteiger partial charge in [0, 0.05) is 18.4 Å². The number of fused-ring (bicyclic) bond motifs is 1. The molecule has 3 aromatic heterocycles. The molecule has 3 heterocycles. The Balaban J connectivity index is 2.04. The fourth-order valence-corrected chi connectivity index (χ4v) is 2.93. The molecule has 0 spiro atoms. The number of rotatable bonds is 3. The van der Waals surface area contributed by atoms with Crippen molar-refractivity contribution in [2.45, 2.75) is 12.7 Å². The highest BCUT2D eigenvalue weighted by atomic mass is 19.4. The van der Waals surface area contributed by atoms with E-state index < -0.39 is 11.9 Å². The predicted octanol–water partition coefficient (Wildman–Crippen LogP) is 3.54. The summed E-state index contributed by atoms with van der Waals surface area (Å²) in [6.07, 6.45) is -3.04. The summed E-state index contributed by atoms with van der Waals surface area (Å²) >= 11 is 0. The molecule has 6 nitrogen and oxygen atoms in total. The highest BCUT2D eigenvalue weighted by Gasteiger charge is 2.33. The van der Waals surface area contributed by atoms with Crippen LogP contribution in [0.4, 0.5) is 19.0 Å².